The first-order valence-corrected chi connectivity index (χ1v) is 8.77. The van der Waals surface area contributed by atoms with E-state index < -0.39 is 12.1 Å². The molecule has 0 fully saturated rings. The summed E-state index contributed by atoms with van der Waals surface area (Å²) in [5.41, 5.74) is 6.50. The first-order valence-electron chi connectivity index (χ1n) is 8.77. The maximum Gasteiger partial charge on any atom is 0.573 e. The molecule has 162 valence electrons. The third-order valence-electron chi connectivity index (χ3n) is 4.01. The number of anilines is 2. The quantitative estimate of drug-likeness (QED) is 0.254. The third-order valence-corrected chi connectivity index (χ3v) is 4.01. The van der Waals surface area contributed by atoms with Crippen LogP contribution in [-0.4, -0.2) is 37.9 Å². The number of alkyl halides is 3. The highest BCUT2D eigenvalue weighted by atomic mass is 127. The van der Waals surface area contributed by atoms with E-state index in [9.17, 15) is 18.0 Å². The molecule has 0 unspecified atom stereocenters. The number of rotatable bonds is 6. The lowest BCUT2D eigenvalue weighted by atomic mass is 10.2. The molecule has 1 aliphatic rings. The number of aliphatic imine (C=N–C) groups is 1. The van der Waals surface area contributed by atoms with Crippen molar-refractivity contribution in [1.29, 1.82) is 0 Å². The van der Waals surface area contributed by atoms with Crippen LogP contribution in [0.1, 0.15) is 6.42 Å². The largest absolute Gasteiger partial charge is 0.573 e. The van der Waals surface area contributed by atoms with Crippen molar-refractivity contribution in [1.82, 2.24) is 0 Å². The molecule has 1 aliphatic heterocycles. The van der Waals surface area contributed by atoms with Crippen LogP contribution in [0.2, 0.25) is 0 Å². The van der Waals surface area contributed by atoms with Crippen LogP contribution in [0.15, 0.2) is 53.5 Å². The van der Waals surface area contributed by atoms with Crippen LogP contribution in [0.25, 0.3) is 0 Å². The molecule has 2 aromatic rings. The van der Waals surface area contributed by atoms with E-state index in [0.717, 1.165) is 0 Å². The zero-order valence-electron chi connectivity index (χ0n) is 15.7. The van der Waals surface area contributed by atoms with Crippen LogP contribution in [0, 0.1) is 0 Å². The first-order chi connectivity index (χ1) is 13.8. The van der Waals surface area contributed by atoms with Crippen molar-refractivity contribution in [3.63, 3.8) is 0 Å². The van der Waals surface area contributed by atoms with Crippen LogP contribution in [0.5, 0.6) is 11.5 Å². The van der Waals surface area contributed by atoms with E-state index in [1.54, 1.807) is 23.1 Å². The Bertz CT molecular complexity index is 909. The molecule has 7 nitrogen and oxygen atoms in total. The summed E-state index contributed by atoms with van der Waals surface area (Å²) < 4.78 is 46.7. The minimum atomic E-state index is -4.81. The Morgan fingerprint density at radius 3 is 2.67 bits per heavy atom. The van der Waals surface area contributed by atoms with E-state index in [2.05, 4.69) is 15.0 Å². The first kappa shape index (κ1) is 23.6. The summed E-state index contributed by atoms with van der Waals surface area (Å²) >= 11 is 0. The Hall–Kier alpha value is -2.70. The van der Waals surface area contributed by atoms with Gasteiger partial charge in [-0.25, -0.2) is 0 Å². The number of halogens is 4. The van der Waals surface area contributed by atoms with Gasteiger partial charge >= 0.3 is 6.36 Å². The van der Waals surface area contributed by atoms with Gasteiger partial charge in [-0.05, 0) is 30.7 Å². The fourth-order valence-electron chi connectivity index (χ4n) is 2.79. The van der Waals surface area contributed by atoms with Gasteiger partial charge in [-0.2, -0.15) is 0 Å². The average molecular weight is 536 g/mol. The van der Waals surface area contributed by atoms with E-state index in [1.807, 2.05) is 12.1 Å². The number of guanidine groups is 1. The second-order valence-corrected chi connectivity index (χ2v) is 6.09. The number of hydrogen-bond donors (Lipinski definition) is 2. The number of fused-ring (bicyclic) bond motifs is 1. The number of amides is 1. The highest BCUT2D eigenvalue weighted by Crippen LogP contribution is 2.31. The number of nitrogens with one attached hydrogen (secondary N) is 1. The van der Waals surface area contributed by atoms with Crippen molar-refractivity contribution < 1.29 is 27.4 Å². The van der Waals surface area contributed by atoms with E-state index in [1.165, 1.54) is 18.2 Å². The smallest absolute Gasteiger partial charge is 0.482 e. The Labute approximate surface area is 188 Å². The molecule has 30 heavy (non-hydrogen) atoms. The van der Waals surface area contributed by atoms with Crippen LogP contribution >= 0.6 is 24.0 Å². The van der Waals surface area contributed by atoms with Gasteiger partial charge < -0.3 is 25.4 Å². The van der Waals surface area contributed by atoms with E-state index in [0.29, 0.717) is 24.4 Å². The molecule has 3 rings (SSSR count). The topological polar surface area (TPSA) is 89.2 Å². The second kappa shape index (κ2) is 10.4. The Morgan fingerprint density at radius 1 is 1.20 bits per heavy atom. The molecule has 1 heterocycles. The fraction of sp³-hybridized carbons (Fsp3) is 0.263. The monoisotopic (exact) mass is 536 g/mol. The predicted molar refractivity (Wildman–Crippen MR) is 118 cm³/mol. The SMILES string of the molecule is I.NC(=NCCCN1C(=O)COc2ccccc21)Nc1ccccc1OC(F)(F)F. The molecule has 0 saturated heterocycles. The van der Waals surface area contributed by atoms with Crippen molar-refractivity contribution in [2.75, 3.05) is 29.9 Å². The molecule has 0 atom stereocenters. The average Bonchev–Trinajstić information content (AvgIpc) is 2.67. The molecule has 2 aromatic carbocycles. The number of hydrogen-bond acceptors (Lipinski definition) is 4. The van der Waals surface area contributed by atoms with Crippen molar-refractivity contribution in [2.45, 2.75) is 12.8 Å². The summed E-state index contributed by atoms with van der Waals surface area (Å²) in [5, 5.41) is 2.60. The molecule has 0 radical (unpaired) electrons. The molecular weight excluding hydrogens is 516 g/mol. The highest BCUT2D eigenvalue weighted by molar-refractivity contribution is 14.0. The van der Waals surface area contributed by atoms with Crippen molar-refractivity contribution in [3.8, 4) is 11.5 Å². The predicted octanol–water partition coefficient (Wildman–Crippen LogP) is 3.75. The zero-order valence-corrected chi connectivity index (χ0v) is 18.0. The summed E-state index contributed by atoms with van der Waals surface area (Å²) in [4.78, 5) is 17.8. The molecule has 1 amide bonds. The minimum Gasteiger partial charge on any atom is -0.482 e. The van der Waals surface area contributed by atoms with E-state index in [4.69, 9.17) is 10.5 Å². The molecule has 0 aliphatic carbocycles. The molecule has 11 heteroatoms. The maximum atomic E-state index is 12.5. The molecular formula is C19H20F3IN4O3. The number of carbonyl (C=O) groups is 1. The Balaban J connectivity index is 0.00000320. The van der Waals surface area contributed by atoms with Gasteiger partial charge in [0.15, 0.2) is 18.3 Å². The van der Waals surface area contributed by atoms with E-state index in [-0.39, 0.29) is 54.7 Å². The van der Waals surface area contributed by atoms with Crippen LogP contribution in [0.4, 0.5) is 24.5 Å². The summed E-state index contributed by atoms with van der Waals surface area (Å²) in [6.45, 7) is 0.650. The number of benzene rings is 2. The normalized spacial score (nSPS) is 13.8. The molecule has 0 aromatic heterocycles. The van der Waals surface area contributed by atoms with Crippen LogP contribution in [-0.2, 0) is 4.79 Å². The molecule has 0 saturated carbocycles. The van der Waals surface area contributed by atoms with Crippen molar-refractivity contribution in [2.24, 2.45) is 10.7 Å². The summed E-state index contributed by atoms with van der Waals surface area (Å²) in [6.07, 6.45) is -4.31. The van der Waals surface area contributed by atoms with Gasteiger partial charge in [-0.3, -0.25) is 9.79 Å². The molecule has 3 N–H and O–H groups in total. The lowest BCUT2D eigenvalue weighted by Crippen LogP contribution is -2.39. The van der Waals surface area contributed by atoms with E-state index >= 15 is 0 Å². The lowest BCUT2D eigenvalue weighted by molar-refractivity contribution is -0.274. The van der Waals surface area contributed by atoms with Crippen molar-refractivity contribution >= 4 is 47.2 Å². The lowest BCUT2D eigenvalue weighted by Gasteiger charge is -2.29. The number of para-hydroxylation sites is 4. The maximum absolute atomic E-state index is 12.5. The summed E-state index contributed by atoms with van der Waals surface area (Å²) in [7, 11) is 0. The van der Waals surface area contributed by atoms with Gasteiger partial charge in [0.05, 0.1) is 11.4 Å². The van der Waals surface area contributed by atoms with Gasteiger partial charge in [0.25, 0.3) is 5.91 Å². The van der Waals surface area contributed by atoms with Crippen LogP contribution in [0.3, 0.4) is 0 Å². The standard InChI is InChI=1S/C19H19F3N4O3.HI/c20-19(21,22)29-15-8-3-1-6-13(15)25-18(23)24-10-5-11-26-14-7-2-4-9-16(14)28-12-17(26)27;/h1-4,6-9H,5,10-12H2,(H3,23,24,25);1H. The Morgan fingerprint density at radius 2 is 1.90 bits per heavy atom. The number of carbonyl (C=O) groups excluding carboxylic acids is 1. The van der Waals surface area contributed by atoms with Crippen LogP contribution < -0.4 is 25.4 Å². The van der Waals surface area contributed by atoms with Crippen molar-refractivity contribution in [3.05, 3.63) is 48.5 Å². The molecule has 0 spiro atoms. The third kappa shape index (κ3) is 6.40. The zero-order chi connectivity index (χ0) is 20.9. The fourth-order valence-corrected chi connectivity index (χ4v) is 2.79. The Kier molecular flexibility index (Phi) is 8.15. The van der Waals surface area contributed by atoms with Gasteiger partial charge in [0.2, 0.25) is 0 Å². The van der Waals surface area contributed by atoms with Gasteiger partial charge in [-0.1, -0.05) is 24.3 Å². The minimum absolute atomic E-state index is 0. The summed E-state index contributed by atoms with van der Waals surface area (Å²) in [6, 6.07) is 12.7. The molecule has 0 bridgehead atoms. The summed E-state index contributed by atoms with van der Waals surface area (Å²) in [5.74, 6) is 0.0145. The van der Waals surface area contributed by atoms with Gasteiger partial charge in [-0.15, -0.1) is 37.1 Å². The number of ether oxygens (including phenoxy) is 2. The number of nitrogens with zero attached hydrogens (tertiary/aromatic N) is 2. The van der Waals surface area contributed by atoms with Gasteiger partial charge in [0.1, 0.15) is 5.75 Å². The second-order valence-electron chi connectivity index (χ2n) is 6.09. The number of nitrogens with two attached hydrogens (primary N) is 1. The highest BCUT2D eigenvalue weighted by Gasteiger charge is 2.32. The van der Waals surface area contributed by atoms with Gasteiger partial charge in [0, 0.05) is 13.1 Å².